The molecule has 24 heavy (non-hydrogen) atoms. The van der Waals surface area contributed by atoms with Gasteiger partial charge in [0, 0.05) is 29.7 Å². The number of nitrogens with one attached hydrogen (secondary N) is 2. The molecule has 0 fully saturated rings. The molecule has 0 bridgehead atoms. The molecule has 0 saturated heterocycles. The molecular weight excluding hydrogens is 322 g/mol. The highest BCUT2D eigenvalue weighted by Crippen LogP contribution is 2.18. The Bertz CT molecular complexity index is 785. The monoisotopic (exact) mass is 341 g/mol. The normalized spacial score (nSPS) is 13.2. The second kappa shape index (κ2) is 7.27. The van der Waals surface area contributed by atoms with Gasteiger partial charge in [0.05, 0.1) is 18.4 Å². The number of aromatic nitrogens is 3. The van der Waals surface area contributed by atoms with E-state index in [1.165, 1.54) is 11.3 Å². The van der Waals surface area contributed by atoms with Crippen LogP contribution >= 0.6 is 11.3 Å². The standard InChI is InChI=1S/C17H19N5OS/c1-12(20-17(23)21-13(2)16-19-7-9-24-16)14-4-3-5-15(10-14)22-8-6-18-11-22/h3-13H,1-2H3,(H2,20,21,23)/t12-,13-/m0/s1. The second-order valence-corrected chi connectivity index (χ2v) is 6.42. The molecule has 1 aromatic carbocycles. The fraction of sp³-hybridized carbons (Fsp3) is 0.235. The number of carbonyl (C=O) groups is 1. The Hall–Kier alpha value is -2.67. The van der Waals surface area contributed by atoms with Crippen LogP contribution in [-0.4, -0.2) is 20.6 Å². The largest absolute Gasteiger partial charge is 0.332 e. The Morgan fingerprint density at radius 1 is 1.21 bits per heavy atom. The van der Waals surface area contributed by atoms with Gasteiger partial charge in [-0.15, -0.1) is 11.3 Å². The first-order chi connectivity index (χ1) is 11.6. The molecule has 0 saturated carbocycles. The summed E-state index contributed by atoms with van der Waals surface area (Å²) in [4.78, 5) is 20.5. The lowest BCUT2D eigenvalue weighted by Crippen LogP contribution is -2.38. The second-order valence-electron chi connectivity index (χ2n) is 5.50. The smallest absolute Gasteiger partial charge is 0.315 e. The number of thiazole rings is 1. The lowest BCUT2D eigenvalue weighted by Gasteiger charge is -2.18. The van der Waals surface area contributed by atoms with Crippen molar-refractivity contribution in [2.45, 2.75) is 25.9 Å². The van der Waals surface area contributed by atoms with Gasteiger partial charge in [-0.2, -0.15) is 0 Å². The summed E-state index contributed by atoms with van der Waals surface area (Å²) in [5.41, 5.74) is 2.04. The first-order valence-electron chi connectivity index (χ1n) is 7.68. The van der Waals surface area contributed by atoms with Crippen LogP contribution in [-0.2, 0) is 0 Å². The number of hydrogen-bond acceptors (Lipinski definition) is 4. The van der Waals surface area contributed by atoms with Crippen molar-refractivity contribution in [2.24, 2.45) is 0 Å². The highest BCUT2D eigenvalue weighted by atomic mass is 32.1. The zero-order chi connectivity index (χ0) is 16.9. The lowest BCUT2D eigenvalue weighted by atomic mass is 10.1. The highest BCUT2D eigenvalue weighted by molar-refractivity contribution is 7.09. The molecule has 124 valence electrons. The van der Waals surface area contributed by atoms with Gasteiger partial charge >= 0.3 is 6.03 Å². The van der Waals surface area contributed by atoms with Gasteiger partial charge in [-0.1, -0.05) is 12.1 Å². The molecule has 0 radical (unpaired) electrons. The van der Waals surface area contributed by atoms with Crippen molar-refractivity contribution in [2.75, 3.05) is 0 Å². The predicted octanol–water partition coefficient (Wildman–Crippen LogP) is 3.45. The average molecular weight is 341 g/mol. The molecule has 0 aliphatic heterocycles. The molecule has 0 unspecified atom stereocenters. The number of urea groups is 1. The molecule has 0 aliphatic carbocycles. The molecule has 2 N–H and O–H groups in total. The first-order valence-corrected chi connectivity index (χ1v) is 8.56. The lowest BCUT2D eigenvalue weighted by molar-refractivity contribution is 0.235. The third-order valence-electron chi connectivity index (χ3n) is 3.69. The van der Waals surface area contributed by atoms with Crippen molar-refractivity contribution in [1.29, 1.82) is 0 Å². The fourth-order valence-corrected chi connectivity index (χ4v) is 3.04. The fourth-order valence-electron chi connectivity index (χ4n) is 2.39. The molecule has 2 heterocycles. The molecule has 2 amide bonds. The van der Waals surface area contributed by atoms with Gasteiger partial charge in [-0.25, -0.2) is 14.8 Å². The van der Waals surface area contributed by atoms with Gasteiger partial charge < -0.3 is 15.2 Å². The number of benzene rings is 1. The van der Waals surface area contributed by atoms with E-state index in [-0.39, 0.29) is 18.1 Å². The van der Waals surface area contributed by atoms with E-state index in [0.29, 0.717) is 0 Å². The summed E-state index contributed by atoms with van der Waals surface area (Å²) in [6.45, 7) is 3.88. The number of rotatable bonds is 5. The van der Waals surface area contributed by atoms with Crippen LogP contribution in [0.5, 0.6) is 0 Å². The molecule has 6 nitrogen and oxygen atoms in total. The van der Waals surface area contributed by atoms with Gasteiger partial charge in [0.15, 0.2) is 0 Å². The van der Waals surface area contributed by atoms with Gasteiger partial charge in [0.25, 0.3) is 0 Å². The van der Waals surface area contributed by atoms with Crippen LogP contribution in [0.3, 0.4) is 0 Å². The molecule has 0 spiro atoms. The van der Waals surface area contributed by atoms with Crippen LogP contribution in [0.15, 0.2) is 54.6 Å². The molecule has 3 rings (SSSR count). The summed E-state index contributed by atoms with van der Waals surface area (Å²) in [6.07, 6.45) is 7.11. The number of amides is 2. The van der Waals surface area contributed by atoms with E-state index in [1.807, 2.05) is 54.3 Å². The van der Waals surface area contributed by atoms with Crippen LogP contribution in [0.2, 0.25) is 0 Å². The minimum atomic E-state index is -0.210. The first kappa shape index (κ1) is 16.2. The third-order valence-corrected chi connectivity index (χ3v) is 4.65. The van der Waals surface area contributed by atoms with Crippen molar-refractivity contribution in [3.05, 3.63) is 65.1 Å². The minimum absolute atomic E-state index is 0.114. The summed E-state index contributed by atoms with van der Waals surface area (Å²) in [5.74, 6) is 0. The maximum absolute atomic E-state index is 12.2. The van der Waals surface area contributed by atoms with Crippen molar-refractivity contribution in [3.63, 3.8) is 0 Å². The van der Waals surface area contributed by atoms with E-state index < -0.39 is 0 Å². The van der Waals surface area contributed by atoms with Crippen LogP contribution < -0.4 is 10.6 Å². The Morgan fingerprint density at radius 2 is 2.04 bits per heavy atom. The summed E-state index contributed by atoms with van der Waals surface area (Å²) in [7, 11) is 0. The van der Waals surface area contributed by atoms with Crippen LogP contribution in [0.4, 0.5) is 4.79 Å². The van der Waals surface area contributed by atoms with E-state index in [9.17, 15) is 4.79 Å². The van der Waals surface area contributed by atoms with E-state index in [1.54, 1.807) is 18.7 Å². The summed E-state index contributed by atoms with van der Waals surface area (Å²) in [5, 5.41) is 8.66. The topological polar surface area (TPSA) is 71.8 Å². The number of hydrogen-bond donors (Lipinski definition) is 2. The Balaban J connectivity index is 1.63. The van der Waals surface area contributed by atoms with Gasteiger partial charge in [0.1, 0.15) is 5.01 Å². The Morgan fingerprint density at radius 3 is 2.75 bits per heavy atom. The maximum Gasteiger partial charge on any atom is 0.315 e. The van der Waals surface area contributed by atoms with Crippen LogP contribution in [0, 0.1) is 0 Å². The number of imidazole rings is 1. The zero-order valence-electron chi connectivity index (χ0n) is 13.5. The quantitative estimate of drug-likeness (QED) is 0.746. The van der Waals surface area contributed by atoms with E-state index in [0.717, 1.165) is 16.3 Å². The Kier molecular flexibility index (Phi) is 4.90. The SMILES string of the molecule is C[C@H](NC(=O)N[C@@H](C)c1nccs1)c1cccc(-n2ccnc2)c1. The number of nitrogens with zero attached hydrogens (tertiary/aromatic N) is 3. The molecular formula is C17H19N5OS. The van der Waals surface area contributed by atoms with Gasteiger partial charge in [0.2, 0.25) is 0 Å². The van der Waals surface area contributed by atoms with Crippen molar-refractivity contribution >= 4 is 17.4 Å². The van der Waals surface area contributed by atoms with Crippen molar-refractivity contribution < 1.29 is 4.79 Å². The van der Waals surface area contributed by atoms with E-state index in [4.69, 9.17) is 0 Å². The van der Waals surface area contributed by atoms with Gasteiger partial charge in [-0.05, 0) is 31.5 Å². The van der Waals surface area contributed by atoms with Crippen LogP contribution in [0.1, 0.15) is 36.5 Å². The van der Waals surface area contributed by atoms with E-state index >= 15 is 0 Å². The third kappa shape index (κ3) is 3.80. The van der Waals surface area contributed by atoms with Gasteiger partial charge in [-0.3, -0.25) is 0 Å². The van der Waals surface area contributed by atoms with Crippen LogP contribution in [0.25, 0.3) is 5.69 Å². The summed E-state index contributed by atoms with van der Waals surface area (Å²) < 4.78 is 1.93. The summed E-state index contributed by atoms with van der Waals surface area (Å²) in [6, 6.07) is 7.57. The number of carbonyl (C=O) groups excluding carboxylic acids is 1. The summed E-state index contributed by atoms with van der Waals surface area (Å²) >= 11 is 1.53. The van der Waals surface area contributed by atoms with Crippen molar-refractivity contribution in [1.82, 2.24) is 25.2 Å². The molecule has 7 heteroatoms. The minimum Gasteiger partial charge on any atom is -0.332 e. The van der Waals surface area contributed by atoms with E-state index in [2.05, 4.69) is 20.6 Å². The molecule has 3 aromatic rings. The average Bonchev–Trinajstić information content (AvgIpc) is 3.28. The molecule has 0 aliphatic rings. The zero-order valence-corrected chi connectivity index (χ0v) is 14.3. The predicted molar refractivity (Wildman–Crippen MR) is 94.2 cm³/mol. The molecule has 2 atom stereocenters. The Labute approximate surface area is 144 Å². The maximum atomic E-state index is 12.2. The molecule has 2 aromatic heterocycles. The highest BCUT2D eigenvalue weighted by Gasteiger charge is 2.14. The van der Waals surface area contributed by atoms with Crippen molar-refractivity contribution in [3.8, 4) is 5.69 Å².